The van der Waals surface area contributed by atoms with Crippen LogP contribution in [-0.4, -0.2) is 61.2 Å². The molecule has 0 radical (unpaired) electrons. The minimum atomic E-state index is -0.459. The van der Waals surface area contributed by atoms with Gasteiger partial charge in [0, 0.05) is 30.8 Å². The van der Waals surface area contributed by atoms with Gasteiger partial charge in [0.2, 0.25) is 5.91 Å². The van der Waals surface area contributed by atoms with E-state index in [1.54, 1.807) is 12.1 Å². The van der Waals surface area contributed by atoms with E-state index in [0.29, 0.717) is 31.3 Å². The molecule has 27 heavy (non-hydrogen) atoms. The van der Waals surface area contributed by atoms with Crippen molar-refractivity contribution in [2.75, 3.05) is 39.2 Å². The maximum atomic E-state index is 12.5. The highest BCUT2D eigenvalue weighted by Crippen LogP contribution is 2.29. The van der Waals surface area contributed by atoms with Gasteiger partial charge in [-0.15, -0.1) is 11.8 Å². The summed E-state index contributed by atoms with van der Waals surface area (Å²) in [5.74, 6) is 1.44. The summed E-state index contributed by atoms with van der Waals surface area (Å²) >= 11 is 1.46. The van der Waals surface area contributed by atoms with Gasteiger partial charge in [-0.2, -0.15) is 0 Å². The minimum absolute atomic E-state index is 0.0580. The molecule has 3 rings (SSSR count). The van der Waals surface area contributed by atoms with Crippen molar-refractivity contribution >= 4 is 23.4 Å². The predicted octanol–water partition coefficient (Wildman–Crippen LogP) is 2.45. The highest BCUT2D eigenvalue weighted by molar-refractivity contribution is 7.99. The number of benzene rings is 1. The Bertz CT molecular complexity index is 680. The van der Waals surface area contributed by atoms with E-state index in [2.05, 4.69) is 0 Å². The second-order valence-electron chi connectivity index (χ2n) is 6.61. The third-order valence-electron chi connectivity index (χ3n) is 4.78. The van der Waals surface area contributed by atoms with E-state index in [1.807, 2.05) is 4.90 Å². The molecule has 2 saturated heterocycles. The van der Waals surface area contributed by atoms with Crippen LogP contribution >= 0.6 is 11.8 Å². The summed E-state index contributed by atoms with van der Waals surface area (Å²) in [5.41, 5.74) is 0.738. The van der Waals surface area contributed by atoms with Crippen LogP contribution in [0.15, 0.2) is 18.2 Å². The normalized spacial score (nSPS) is 20.6. The van der Waals surface area contributed by atoms with Crippen molar-refractivity contribution in [3.8, 4) is 5.75 Å². The number of carbonyl (C=O) groups is 1. The first-order valence-corrected chi connectivity index (χ1v) is 10.1. The lowest BCUT2D eigenvalue weighted by Gasteiger charge is -2.34. The van der Waals surface area contributed by atoms with Crippen LogP contribution in [0.5, 0.6) is 5.75 Å². The molecular formula is C18H24N2O6S. The van der Waals surface area contributed by atoms with Crippen molar-refractivity contribution in [3.05, 3.63) is 33.9 Å². The zero-order chi connectivity index (χ0) is 19.2. The second kappa shape index (κ2) is 9.38. The Morgan fingerprint density at radius 3 is 2.89 bits per heavy atom. The molecule has 1 aromatic carbocycles. The highest BCUT2D eigenvalue weighted by atomic mass is 32.2. The lowest BCUT2D eigenvalue weighted by Crippen LogP contribution is -2.44. The van der Waals surface area contributed by atoms with Gasteiger partial charge in [-0.25, -0.2) is 0 Å². The zero-order valence-electron chi connectivity index (χ0n) is 15.3. The number of hydrogen-bond donors (Lipinski definition) is 0. The van der Waals surface area contributed by atoms with Crippen molar-refractivity contribution < 1.29 is 23.9 Å². The third-order valence-corrected chi connectivity index (χ3v) is 5.77. The number of nitrogens with zero attached hydrogens (tertiary/aromatic N) is 2. The van der Waals surface area contributed by atoms with Crippen molar-refractivity contribution in [2.24, 2.45) is 5.92 Å². The van der Waals surface area contributed by atoms with Crippen LogP contribution < -0.4 is 4.74 Å². The summed E-state index contributed by atoms with van der Waals surface area (Å²) in [7, 11) is 1.41. The van der Waals surface area contributed by atoms with Crippen LogP contribution in [0, 0.1) is 16.0 Å². The number of hydrogen-bond acceptors (Lipinski definition) is 7. The molecule has 9 heteroatoms. The van der Waals surface area contributed by atoms with Gasteiger partial charge in [-0.1, -0.05) is 6.07 Å². The van der Waals surface area contributed by atoms with Gasteiger partial charge in [-0.05, 0) is 24.5 Å². The van der Waals surface area contributed by atoms with Gasteiger partial charge in [0.25, 0.3) is 0 Å². The fourth-order valence-corrected chi connectivity index (χ4v) is 4.30. The fraction of sp³-hybridized carbons (Fsp3) is 0.611. The van der Waals surface area contributed by atoms with Crippen molar-refractivity contribution in [3.63, 3.8) is 0 Å². The van der Waals surface area contributed by atoms with Gasteiger partial charge in [0.05, 0.1) is 31.0 Å². The third kappa shape index (κ3) is 5.12. The van der Waals surface area contributed by atoms with Crippen molar-refractivity contribution in [1.29, 1.82) is 0 Å². The molecule has 1 unspecified atom stereocenters. The number of nitro benzene ring substituents is 1. The van der Waals surface area contributed by atoms with Crippen LogP contribution in [0.4, 0.5) is 5.69 Å². The number of carbonyl (C=O) groups excluding carboxylic acids is 1. The SMILES string of the molecule is COc1ccc(CSCC(=O)N2CCCC(C3OCCO3)C2)cc1[N+](=O)[O-]. The van der Waals surface area contributed by atoms with Crippen LogP contribution in [0.2, 0.25) is 0 Å². The predicted molar refractivity (Wildman–Crippen MR) is 101 cm³/mol. The molecule has 1 atom stereocenters. The number of ether oxygens (including phenoxy) is 3. The van der Waals surface area contributed by atoms with Gasteiger partial charge in [0.1, 0.15) is 0 Å². The lowest BCUT2D eigenvalue weighted by atomic mass is 9.97. The van der Waals surface area contributed by atoms with Crippen molar-refractivity contribution in [2.45, 2.75) is 24.9 Å². The Morgan fingerprint density at radius 2 is 2.19 bits per heavy atom. The number of nitro groups is 1. The Labute approximate surface area is 162 Å². The average molecular weight is 396 g/mol. The van der Waals surface area contributed by atoms with E-state index in [1.165, 1.54) is 24.9 Å². The average Bonchev–Trinajstić information content (AvgIpc) is 3.22. The number of thioether (sulfide) groups is 1. The molecule has 0 saturated carbocycles. The first-order valence-electron chi connectivity index (χ1n) is 8.98. The van der Waals surface area contributed by atoms with E-state index >= 15 is 0 Å². The number of rotatable bonds is 7. The standard InChI is InChI=1S/C18H24N2O6S/c1-24-16-5-4-13(9-15(16)20(22)23)11-27-12-17(21)19-6-2-3-14(10-19)18-25-7-8-26-18/h4-5,9,14,18H,2-3,6-8,10-12H2,1H3. The molecule has 0 aromatic heterocycles. The van der Waals surface area contributed by atoms with E-state index < -0.39 is 4.92 Å². The first-order chi connectivity index (χ1) is 13.1. The summed E-state index contributed by atoms with van der Waals surface area (Å²) in [4.78, 5) is 25.0. The van der Waals surface area contributed by atoms with Crippen LogP contribution in [0.25, 0.3) is 0 Å². The molecule has 0 spiro atoms. The molecule has 1 amide bonds. The van der Waals surface area contributed by atoms with Gasteiger partial charge in [0.15, 0.2) is 12.0 Å². The second-order valence-corrected chi connectivity index (χ2v) is 7.59. The molecule has 148 valence electrons. The molecule has 2 aliphatic rings. The molecule has 0 N–H and O–H groups in total. The van der Waals surface area contributed by atoms with E-state index in [4.69, 9.17) is 14.2 Å². The summed E-state index contributed by atoms with van der Waals surface area (Å²) in [6, 6.07) is 4.88. The van der Waals surface area contributed by atoms with E-state index in [-0.39, 0.29) is 29.6 Å². The van der Waals surface area contributed by atoms with Crippen LogP contribution in [0.1, 0.15) is 18.4 Å². The number of amides is 1. The van der Waals surface area contributed by atoms with E-state index in [9.17, 15) is 14.9 Å². The summed E-state index contributed by atoms with van der Waals surface area (Å²) in [6.45, 7) is 2.67. The highest BCUT2D eigenvalue weighted by Gasteiger charge is 2.32. The summed E-state index contributed by atoms with van der Waals surface area (Å²) in [6.07, 6.45) is 1.78. The summed E-state index contributed by atoms with van der Waals surface area (Å²) in [5, 5.41) is 11.1. The first kappa shape index (κ1) is 19.9. The largest absolute Gasteiger partial charge is 0.490 e. The number of methoxy groups -OCH3 is 1. The Balaban J connectivity index is 1.49. The quantitative estimate of drug-likeness (QED) is 0.516. The monoisotopic (exact) mass is 396 g/mol. The fourth-order valence-electron chi connectivity index (χ4n) is 3.42. The Kier molecular flexibility index (Phi) is 6.92. The molecular weight excluding hydrogens is 372 g/mol. The van der Waals surface area contributed by atoms with Crippen molar-refractivity contribution in [1.82, 2.24) is 4.90 Å². The maximum Gasteiger partial charge on any atom is 0.311 e. The topological polar surface area (TPSA) is 91.1 Å². The molecule has 1 aromatic rings. The lowest BCUT2D eigenvalue weighted by molar-refractivity contribution is -0.385. The number of likely N-dealkylation sites (tertiary alicyclic amines) is 1. The zero-order valence-corrected chi connectivity index (χ0v) is 16.1. The molecule has 0 aliphatic carbocycles. The molecule has 0 bridgehead atoms. The molecule has 2 aliphatic heterocycles. The van der Waals surface area contributed by atoms with Crippen LogP contribution in [-0.2, 0) is 20.0 Å². The molecule has 2 fully saturated rings. The maximum absolute atomic E-state index is 12.5. The van der Waals surface area contributed by atoms with Gasteiger partial charge in [-0.3, -0.25) is 14.9 Å². The molecule has 2 heterocycles. The molecule has 8 nitrogen and oxygen atoms in total. The Morgan fingerprint density at radius 1 is 1.41 bits per heavy atom. The minimum Gasteiger partial charge on any atom is -0.490 e. The number of piperidine rings is 1. The Hall–Kier alpha value is -1.84. The van der Waals surface area contributed by atoms with Crippen LogP contribution in [0.3, 0.4) is 0 Å². The van der Waals surface area contributed by atoms with Gasteiger partial charge >= 0.3 is 5.69 Å². The van der Waals surface area contributed by atoms with E-state index in [0.717, 1.165) is 24.9 Å². The van der Waals surface area contributed by atoms with Gasteiger partial charge < -0.3 is 19.1 Å². The smallest absolute Gasteiger partial charge is 0.311 e. The summed E-state index contributed by atoms with van der Waals surface area (Å²) < 4.78 is 16.2.